The minimum absolute atomic E-state index is 0.435. The van der Waals surface area contributed by atoms with Gasteiger partial charge in [-0.3, -0.25) is 4.68 Å². The van der Waals surface area contributed by atoms with Gasteiger partial charge in [0.15, 0.2) is 0 Å². The standard InChI is InChI=1S/C6H8N2O/c1-2-7-8(3-1)4-6-5-9-6/h1-3,6H,4-5H2/t6-/m0/s1. The van der Waals surface area contributed by atoms with Crippen molar-refractivity contribution >= 4 is 0 Å². The molecule has 1 atom stereocenters. The predicted octanol–water partition coefficient (Wildman–Crippen LogP) is 0.282. The first-order valence-corrected chi connectivity index (χ1v) is 3.04. The molecule has 0 unspecified atom stereocenters. The molecule has 1 aliphatic heterocycles. The highest BCUT2D eigenvalue weighted by atomic mass is 16.6. The lowest BCUT2D eigenvalue weighted by molar-refractivity contribution is 0.373. The molecule has 0 N–H and O–H groups in total. The molecular formula is C6H8N2O. The number of nitrogens with zero attached hydrogens (tertiary/aromatic N) is 2. The second-order valence-corrected chi connectivity index (χ2v) is 2.18. The topological polar surface area (TPSA) is 30.4 Å². The monoisotopic (exact) mass is 124 g/mol. The van der Waals surface area contributed by atoms with Crippen molar-refractivity contribution in [3.05, 3.63) is 18.5 Å². The molecule has 3 heteroatoms. The lowest BCUT2D eigenvalue weighted by atomic mass is 10.5. The second-order valence-electron chi connectivity index (χ2n) is 2.18. The number of epoxide rings is 1. The lowest BCUT2D eigenvalue weighted by Crippen LogP contribution is -2.03. The average molecular weight is 124 g/mol. The van der Waals surface area contributed by atoms with E-state index in [9.17, 15) is 0 Å². The third-order valence-corrected chi connectivity index (χ3v) is 1.35. The van der Waals surface area contributed by atoms with Crippen molar-refractivity contribution in [2.24, 2.45) is 0 Å². The largest absolute Gasteiger partial charge is 0.371 e. The van der Waals surface area contributed by atoms with Gasteiger partial charge in [0.1, 0.15) is 6.10 Å². The zero-order chi connectivity index (χ0) is 6.10. The van der Waals surface area contributed by atoms with E-state index < -0.39 is 0 Å². The maximum absolute atomic E-state index is 5.02. The van der Waals surface area contributed by atoms with E-state index in [1.54, 1.807) is 6.20 Å². The molecular weight excluding hydrogens is 116 g/mol. The van der Waals surface area contributed by atoms with Crippen LogP contribution in [-0.4, -0.2) is 22.5 Å². The summed E-state index contributed by atoms with van der Waals surface area (Å²) >= 11 is 0. The molecule has 1 saturated heterocycles. The van der Waals surface area contributed by atoms with Gasteiger partial charge in [-0.1, -0.05) is 0 Å². The molecule has 2 rings (SSSR count). The first-order chi connectivity index (χ1) is 4.45. The van der Waals surface area contributed by atoms with Crippen LogP contribution in [0.4, 0.5) is 0 Å². The zero-order valence-electron chi connectivity index (χ0n) is 5.03. The summed E-state index contributed by atoms with van der Waals surface area (Å²) in [4.78, 5) is 0. The summed E-state index contributed by atoms with van der Waals surface area (Å²) in [5.74, 6) is 0. The number of rotatable bonds is 2. The smallest absolute Gasteiger partial charge is 0.100 e. The van der Waals surface area contributed by atoms with Crippen LogP contribution in [-0.2, 0) is 11.3 Å². The van der Waals surface area contributed by atoms with Crippen LogP contribution in [0.15, 0.2) is 18.5 Å². The molecule has 1 aromatic rings. The van der Waals surface area contributed by atoms with Gasteiger partial charge in [0.25, 0.3) is 0 Å². The normalized spacial score (nSPS) is 24.2. The van der Waals surface area contributed by atoms with Gasteiger partial charge in [-0.15, -0.1) is 0 Å². The Hall–Kier alpha value is -0.830. The first kappa shape index (κ1) is 4.99. The van der Waals surface area contributed by atoms with Gasteiger partial charge in [0.05, 0.1) is 13.2 Å². The zero-order valence-corrected chi connectivity index (χ0v) is 5.03. The van der Waals surface area contributed by atoms with Crippen LogP contribution < -0.4 is 0 Å². The van der Waals surface area contributed by atoms with Gasteiger partial charge in [0.2, 0.25) is 0 Å². The highest BCUT2D eigenvalue weighted by molar-refractivity contribution is 4.80. The summed E-state index contributed by atoms with van der Waals surface area (Å²) < 4.78 is 6.91. The maximum atomic E-state index is 5.02. The molecule has 1 fully saturated rings. The Kier molecular flexibility index (Phi) is 1.02. The van der Waals surface area contributed by atoms with E-state index in [2.05, 4.69) is 5.10 Å². The fourth-order valence-electron chi connectivity index (χ4n) is 0.791. The van der Waals surface area contributed by atoms with E-state index in [4.69, 9.17) is 4.74 Å². The summed E-state index contributed by atoms with van der Waals surface area (Å²) in [6, 6.07) is 1.92. The molecule has 1 aliphatic rings. The van der Waals surface area contributed by atoms with Gasteiger partial charge in [-0.05, 0) is 6.07 Å². The van der Waals surface area contributed by atoms with Gasteiger partial charge < -0.3 is 4.74 Å². The Morgan fingerprint density at radius 3 is 3.22 bits per heavy atom. The Morgan fingerprint density at radius 1 is 1.78 bits per heavy atom. The third kappa shape index (κ3) is 1.10. The molecule has 0 aromatic carbocycles. The fourth-order valence-corrected chi connectivity index (χ4v) is 0.791. The van der Waals surface area contributed by atoms with E-state index in [1.807, 2.05) is 16.9 Å². The molecule has 1 aromatic heterocycles. The van der Waals surface area contributed by atoms with E-state index in [1.165, 1.54) is 0 Å². The van der Waals surface area contributed by atoms with E-state index in [-0.39, 0.29) is 0 Å². The van der Waals surface area contributed by atoms with Crippen molar-refractivity contribution < 1.29 is 4.74 Å². The number of ether oxygens (including phenoxy) is 1. The summed E-state index contributed by atoms with van der Waals surface area (Å²) in [6.45, 7) is 1.81. The minimum atomic E-state index is 0.435. The maximum Gasteiger partial charge on any atom is 0.100 e. The highest BCUT2D eigenvalue weighted by Gasteiger charge is 2.22. The summed E-state index contributed by atoms with van der Waals surface area (Å²) in [5, 5.41) is 4.03. The van der Waals surface area contributed by atoms with Crippen LogP contribution in [0.25, 0.3) is 0 Å². The van der Waals surface area contributed by atoms with E-state index in [0.29, 0.717) is 6.10 Å². The molecule has 0 radical (unpaired) electrons. The Labute approximate surface area is 53.2 Å². The Morgan fingerprint density at radius 2 is 2.67 bits per heavy atom. The first-order valence-electron chi connectivity index (χ1n) is 3.04. The third-order valence-electron chi connectivity index (χ3n) is 1.35. The van der Waals surface area contributed by atoms with E-state index >= 15 is 0 Å². The van der Waals surface area contributed by atoms with Gasteiger partial charge in [-0.2, -0.15) is 5.10 Å². The summed E-state index contributed by atoms with van der Waals surface area (Å²) in [5.41, 5.74) is 0. The predicted molar refractivity (Wildman–Crippen MR) is 32.0 cm³/mol. The Bertz CT molecular complexity index is 179. The van der Waals surface area contributed by atoms with Gasteiger partial charge >= 0.3 is 0 Å². The molecule has 0 aliphatic carbocycles. The van der Waals surface area contributed by atoms with Crippen molar-refractivity contribution in [1.29, 1.82) is 0 Å². The molecule has 0 saturated carbocycles. The van der Waals surface area contributed by atoms with Crippen molar-refractivity contribution in [2.75, 3.05) is 6.61 Å². The minimum Gasteiger partial charge on any atom is -0.371 e. The van der Waals surface area contributed by atoms with Crippen LogP contribution in [0, 0.1) is 0 Å². The highest BCUT2D eigenvalue weighted by Crippen LogP contribution is 2.10. The molecule has 9 heavy (non-hydrogen) atoms. The van der Waals surface area contributed by atoms with Crippen molar-refractivity contribution in [2.45, 2.75) is 12.6 Å². The van der Waals surface area contributed by atoms with E-state index in [0.717, 1.165) is 13.2 Å². The summed E-state index contributed by atoms with van der Waals surface area (Å²) in [6.07, 6.45) is 4.16. The molecule has 0 spiro atoms. The van der Waals surface area contributed by atoms with Crippen molar-refractivity contribution in [3.8, 4) is 0 Å². The van der Waals surface area contributed by atoms with Crippen molar-refractivity contribution in [1.82, 2.24) is 9.78 Å². The number of aromatic nitrogens is 2. The van der Waals surface area contributed by atoms with Crippen LogP contribution >= 0.6 is 0 Å². The molecule has 2 heterocycles. The Balaban J connectivity index is 1.99. The van der Waals surface area contributed by atoms with Gasteiger partial charge in [-0.25, -0.2) is 0 Å². The van der Waals surface area contributed by atoms with Crippen molar-refractivity contribution in [3.63, 3.8) is 0 Å². The number of hydrogen-bond donors (Lipinski definition) is 0. The van der Waals surface area contributed by atoms with Gasteiger partial charge in [0, 0.05) is 12.4 Å². The molecule has 0 amide bonds. The molecule has 48 valence electrons. The second kappa shape index (κ2) is 1.84. The van der Waals surface area contributed by atoms with Crippen LogP contribution in [0.2, 0.25) is 0 Å². The SMILES string of the molecule is c1cnn(C[C@H]2CO2)c1. The average Bonchev–Trinajstić information content (AvgIpc) is 2.46. The fraction of sp³-hybridized carbons (Fsp3) is 0.500. The molecule has 3 nitrogen and oxygen atoms in total. The molecule has 0 bridgehead atoms. The van der Waals surface area contributed by atoms with Crippen LogP contribution in [0.5, 0.6) is 0 Å². The van der Waals surface area contributed by atoms with Crippen LogP contribution in [0.3, 0.4) is 0 Å². The number of hydrogen-bond acceptors (Lipinski definition) is 2. The lowest BCUT2D eigenvalue weighted by Gasteiger charge is -1.92. The van der Waals surface area contributed by atoms with Crippen LogP contribution in [0.1, 0.15) is 0 Å². The quantitative estimate of drug-likeness (QED) is 0.530. The summed E-state index contributed by atoms with van der Waals surface area (Å²) in [7, 11) is 0.